The second kappa shape index (κ2) is 36.1. The first-order valence-electron chi connectivity index (χ1n) is 14.7. The Bertz CT molecular complexity index is 462. The molecular weight excluding hydrogens is 416 g/mol. The number of carbonyl (C=O) groups excluding carboxylic acids is 2. The third kappa shape index (κ3) is 37.9. The fraction of sp³-hybridized carbons (Fsp3) is 0.750. The highest BCUT2D eigenvalue weighted by Gasteiger charge is 1.91. The molecule has 0 bridgehead atoms. The van der Waals surface area contributed by atoms with Gasteiger partial charge in [-0.2, -0.15) is 0 Å². The minimum atomic E-state index is 0.747. The smallest absolute Gasteiger partial charge is 0.142 e. The summed E-state index contributed by atoms with van der Waals surface area (Å²) in [5.41, 5.74) is 0. The van der Waals surface area contributed by atoms with Crippen LogP contribution < -0.4 is 0 Å². The van der Waals surface area contributed by atoms with E-state index in [4.69, 9.17) is 0 Å². The number of hydrogen-bond acceptors (Lipinski definition) is 2. The molecule has 0 saturated carbocycles. The van der Waals surface area contributed by atoms with Crippen LogP contribution in [-0.4, -0.2) is 12.6 Å². The van der Waals surface area contributed by atoms with Crippen molar-refractivity contribution in [3.05, 3.63) is 36.5 Å². The topological polar surface area (TPSA) is 34.1 Å². The first-order valence-corrected chi connectivity index (χ1v) is 14.7. The van der Waals surface area contributed by atoms with Crippen LogP contribution >= 0.6 is 0 Å². The van der Waals surface area contributed by atoms with E-state index in [0.29, 0.717) is 0 Å². The average molecular weight is 475 g/mol. The molecule has 0 aliphatic carbocycles. The van der Waals surface area contributed by atoms with E-state index < -0.39 is 0 Å². The molecule has 0 aliphatic rings. The molecule has 0 aromatic rings. The van der Waals surface area contributed by atoms with Crippen LogP contribution in [0.3, 0.4) is 0 Å². The van der Waals surface area contributed by atoms with E-state index >= 15 is 0 Å². The zero-order valence-corrected chi connectivity index (χ0v) is 23.0. The molecular formula is C32H58O2. The Kier molecular flexibility index (Phi) is 36.9. The van der Waals surface area contributed by atoms with Gasteiger partial charge in [0.15, 0.2) is 0 Å². The number of rotatable bonds is 25. The van der Waals surface area contributed by atoms with E-state index in [-0.39, 0.29) is 0 Å². The summed E-state index contributed by atoms with van der Waals surface area (Å²) in [6, 6.07) is 0. The first kappa shape index (κ1) is 34.7. The SMILES string of the molecule is CCCC/C=C\CCCCCCCC=O.CCCC/C=C\CCCCCCCCC/C=C/C=O. The summed E-state index contributed by atoms with van der Waals surface area (Å²) in [6.45, 7) is 4.47. The van der Waals surface area contributed by atoms with Gasteiger partial charge in [-0.1, -0.05) is 121 Å². The van der Waals surface area contributed by atoms with Crippen molar-refractivity contribution in [2.24, 2.45) is 0 Å². The molecule has 34 heavy (non-hydrogen) atoms. The minimum absolute atomic E-state index is 0.747. The largest absolute Gasteiger partial charge is 0.303 e. The third-order valence-corrected chi connectivity index (χ3v) is 5.93. The molecule has 0 fully saturated rings. The van der Waals surface area contributed by atoms with Gasteiger partial charge < -0.3 is 4.79 Å². The average Bonchev–Trinajstić information content (AvgIpc) is 2.85. The molecule has 0 N–H and O–H groups in total. The van der Waals surface area contributed by atoms with E-state index in [9.17, 15) is 9.59 Å². The van der Waals surface area contributed by atoms with Gasteiger partial charge in [0, 0.05) is 6.42 Å². The quantitative estimate of drug-likeness (QED) is 0.0570. The van der Waals surface area contributed by atoms with Crippen LogP contribution in [0.1, 0.15) is 155 Å². The summed E-state index contributed by atoms with van der Waals surface area (Å²) in [5.74, 6) is 0. The van der Waals surface area contributed by atoms with E-state index in [1.807, 2.05) is 6.08 Å². The van der Waals surface area contributed by atoms with Gasteiger partial charge in [-0.3, -0.25) is 4.79 Å². The molecule has 0 spiro atoms. The van der Waals surface area contributed by atoms with Crippen molar-refractivity contribution < 1.29 is 9.59 Å². The Morgan fingerprint density at radius 3 is 1.06 bits per heavy atom. The van der Waals surface area contributed by atoms with Crippen molar-refractivity contribution in [3.8, 4) is 0 Å². The van der Waals surface area contributed by atoms with Crippen molar-refractivity contribution in [1.82, 2.24) is 0 Å². The molecule has 0 aromatic heterocycles. The lowest BCUT2D eigenvalue weighted by Gasteiger charge is -2.00. The number of hydrogen-bond donors (Lipinski definition) is 0. The van der Waals surface area contributed by atoms with Gasteiger partial charge in [-0.05, 0) is 63.9 Å². The molecule has 0 atom stereocenters. The summed E-state index contributed by atoms with van der Waals surface area (Å²) < 4.78 is 0. The fourth-order valence-corrected chi connectivity index (χ4v) is 3.70. The van der Waals surface area contributed by atoms with Crippen molar-refractivity contribution >= 4 is 12.6 Å². The number of carbonyl (C=O) groups is 2. The van der Waals surface area contributed by atoms with Crippen LogP contribution in [0.25, 0.3) is 0 Å². The van der Waals surface area contributed by atoms with Crippen LogP contribution in [0, 0.1) is 0 Å². The van der Waals surface area contributed by atoms with E-state index in [1.54, 1.807) is 6.08 Å². The van der Waals surface area contributed by atoms with Crippen molar-refractivity contribution in [2.45, 2.75) is 155 Å². The summed E-state index contributed by atoms with van der Waals surface area (Å²) >= 11 is 0. The molecule has 0 amide bonds. The maximum absolute atomic E-state index is 10.1. The molecule has 0 saturated heterocycles. The van der Waals surface area contributed by atoms with Gasteiger partial charge in [0.05, 0.1) is 0 Å². The predicted octanol–water partition coefficient (Wildman–Crippen LogP) is 10.7. The van der Waals surface area contributed by atoms with E-state index in [0.717, 1.165) is 31.8 Å². The van der Waals surface area contributed by atoms with Gasteiger partial charge >= 0.3 is 0 Å². The second-order valence-electron chi connectivity index (χ2n) is 9.36. The molecule has 198 valence electrons. The predicted molar refractivity (Wildman–Crippen MR) is 152 cm³/mol. The van der Waals surface area contributed by atoms with Gasteiger partial charge in [-0.15, -0.1) is 0 Å². The highest BCUT2D eigenvalue weighted by molar-refractivity contribution is 5.64. The maximum atomic E-state index is 10.1. The zero-order valence-electron chi connectivity index (χ0n) is 23.0. The summed E-state index contributed by atoms with van der Waals surface area (Å²) in [5, 5.41) is 0. The monoisotopic (exact) mass is 474 g/mol. The van der Waals surface area contributed by atoms with Gasteiger partial charge in [0.25, 0.3) is 0 Å². The second-order valence-corrected chi connectivity index (χ2v) is 9.36. The summed E-state index contributed by atoms with van der Waals surface area (Å²) in [4.78, 5) is 20.1. The van der Waals surface area contributed by atoms with Crippen LogP contribution in [0.2, 0.25) is 0 Å². The zero-order chi connectivity index (χ0) is 25.2. The Morgan fingerprint density at radius 2 is 0.706 bits per heavy atom. The van der Waals surface area contributed by atoms with Crippen molar-refractivity contribution in [3.63, 3.8) is 0 Å². The molecule has 2 heteroatoms. The maximum Gasteiger partial charge on any atom is 0.142 e. The van der Waals surface area contributed by atoms with Crippen LogP contribution in [-0.2, 0) is 9.59 Å². The van der Waals surface area contributed by atoms with Crippen LogP contribution in [0.15, 0.2) is 36.5 Å². The molecule has 0 aliphatic heterocycles. The van der Waals surface area contributed by atoms with E-state index in [1.165, 1.54) is 122 Å². The molecule has 2 nitrogen and oxygen atoms in total. The lowest BCUT2D eigenvalue weighted by atomic mass is 10.1. The standard InChI is InChI=1S/C18H32O.C14H26O/c1-2-3-4-5-6-7-8-9-10-11-12-13-14-15-16-17-18-19;1-2-3-4-5-6-7-8-9-10-11-12-13-14-15/h5-6,16-18H,2-4,7-15H2,1H3;5-6,14H,2-4,7-13H2,1H3/b6-5-,17-16+;6-5-. The normalized spacial score (nSPS) is 11.4. The molecule has 0 unspecified atom stereocenters. The Morgan fingerprint density at radius 1 is 0.382 bits per heavy atom. The Balaban J connectivity index is 0. The minimum Gasteiger partial charge on any atom is -0.303 e. The first-order chi connectivity index (χ1) is 16.8. The van der Waals surface area contributed by atoms with Gasteiger partial charge in [0.1, 0.15) is 12.6 Å². The number of aldehydes is 2. The Labute approximate surface area is 213 Å². The lowest BCUT2D eigenvalue weighted by Crippen LogP contribution is -1.80. The highest BCUT2D eigenvalue weighted by atomic mass is 16.1. The molecule has 0 radical (unpaired) electrons. The fourth-order valence-electron chi connectivity index (χ4n) is 3.70. The highest BCUT2D eigenvalue weighted by Crippen LogP contribution is 2.10. The lowest BCUT2D eigenvalue weighted by molar-refractivity contribution is -0.108. The number of unbranched alkanes of at least 4 members (excludes halogenated alkanes) is 18. The summed E-state index contributed by atoms with van der Waals surface area (Å²) in [6.07, 6.45) is 42.4. The van der Waals surface area contributed by atoms with Crippen molar-refractivity contribution in [1.29, 1.82) is 0 Å². The molecule has 0 aromatic carbocycles. The van der Waals surface area contributed by atoms with Crippen LogP contribution in [0.4, 0.5) is 0 Å². The van der Waals surface area contributed by atoms with Gasteiger partial charge in [-0.25, -0.2) is 0 Å². The summed E-state index contributed by atoms with van der Waals surface area (Å²) in [7, 11) is 0. The Hall–Kier alpha value is -1.44. The molecule has 0 heterocycles. The van der Waals surface area contributed by atoms with Crippen LogP contribution in [0.5, 0.6) is 0 Å². The van der Waals surface area contributed by atoms with E-state index in [2.05, 4.69) is 38.2 Å². The van der Waals surface area contributed by atoms with Gasteiger partial charge in [0.2, 0.25) is 0 Å². The number of allylic oxidation sites excluding steroid dienone is 6. The molecule has 0 rings (SSSR count). The third-order valence-electron chi connectivity index (χ3n) is 5.93. The van der Waals surface area contributed by atoms with Crippen molar-refractivity contribution in [2.75, 3.05) is 0 Å².